The first kappa shape index (κ1) is 18.9. The van der Waals surface area contributed by atoms with Crippen LogP contribution in [0.2, 0.25) is 0 Å². The van der Waals surface area contributed by atoms with E-state index in [4.69, 9.17) is 0 Å². The Hall–Kier alpha value is -2.85. The summed E-state index contributed by atoms with van der Waals surface area (Å²) in [6, 6.07) is 5.46. The van der Waals surface area contributed by atoms with Crippen LogP contribution in [0, 0.1) is 5.92 Å². The minimum atomic E-state index is -4.56. The number of aromatic nitrogens is 3. The van der Waals surface area contributed by atoms with Crippen molar-refractivity contribution in [1.29, 1.82) is 0 Å². The van der Waals surface area contributed by atoms with E-state index in [0.717, 1.165) is 0 Å². The summed E-state index contributed by atoms with van der Waals surface area (Å²) < 4.78 is 42.3. The fraction of sp³-hybridized carbons (Fsp3) is 0.500. The van der Waals surface area contributed by atoms with E-state index in [9.17, 15) is 22.8 Å². The van der Waals surface area contributed by atoms with Gasteiger partial charge in [-0.3, -0.25) is 9.20 Å². The molecule has 3 heterocycles. The van der Waals surface area contributed by atoms with Crippen molar-refractivity contribution < 1.29 is 27.5 Å². The van der Waals surface area contributed by atoms with Gasteiger partial charge in [0, 0.05) is 25.2 Å². The second-order valence-electron chi connectivity index (χ2n) is 6.19. The van der Waals surface area contributed by atoms with Gasteiger partial charge in [-0.05, 0) is 25.0 Å². The second kappa shape index (κ2) is 7.80. The van der Waals surface area contributed by atoms with Crippen molar-refractivity contribution in [2.75, 3.05) is 19.7 Å². The highest BCUT2D eigenvalue weighted by atomic mass is 19.4. The Morgan fingerprint density at radius 3 is 2.67 bits per heavy atom. The lowest BCUT2D eigenvalue weighted by Gasteiger charge is -2.30. The fourth-order valence-electron chi connectivity index (χ4n) is 2.88. The van der Waals surface area contributed by atoms with Gasteiger partial charge in [-0.15, -0.1) is 10.2 Å². The lowest BCUT2D eigenvalue weighted by molar-refractivity contribution is -0.162. The average Bonchev–Trinajstić information content (AvgIpc) is 3.07. The van der Waals surface area contributed by atoms with Gasteiger partial charge in [0.1, 0.15) is 0 Å². The number of fused-ring (bicyclic) bond motifs is 1. The SMILES string of the molecule is O=C(NCc1nnc2ccccn12)C1CCN(C(=O)OCC(F)(F)F)CC1. The highest BCUT2D eigenvalue weighted by Crippen LogP contribution is 2.20. The lowest BCUT2D eigenvalue weighted by Crippen LogP contribution is -2.43. The Bertz CT molecular complexity index is 815. The van der Waals surface area contributed by atoms with Gasteiger partial charge in [0.2, 0.25) is 5.91 Å². The third-order valence-electron chi connectivity index (χ3n) is 4.29. The van der Waals surface area contributed by atoms with E-state index in [-0.39, 0.29) is 31.5 Å². The molecule has 0 atom stereocenters. The number of amides is 2. The Morgan fingerprint density at radius 2 is 1.96 bits per heavy atom. The number of nitrogens with one attached hydrogen (secondary N) is 1. The summed E-state index contributed by atoms with van der Waals surface area (Å²) in [5.41, 5.74) is 0.674. The van der Waals surface area contributed by atoms with Crippen molar-refractivity contribution in [3.63, 3.8) is 0 Å². The summed E-state index contributed by atoms with van der Waals surface area (Å²) in [5, 5.41) is 10.8. The van der Waals surface area contributed by atoms with Crippen LogP contribution < -0.4 is 5.32 Å². The third-order valence-corrected chi connectivity index (χ3v) is 4.29. The van der Waals surface area contributed by atoms with Crippen LogP contribution in [-0.4, -0.2) is 57.4 Å². The standard InChI is InChI=1S/C16H18F3N5O3/c17-16(18,19)10-27-15(26)23-7-4-11(5-8-23)14(25)20-9-13-22-21-12-3-1-2-6-24(12)13/h1-3,6,11H,4-5,7-10H2,(H,20,25). The molecule has 1 fully saturated rings. The predicted molar refractivity (Wildman–Crippen MR) is 86.5 cm³/mol. The highest BCUT2D eigenvalue weighted by molar-refractivity contribution is 5.79. The quantitative estimate of drug-likeness (QED) is 0.866. The molecule has 2 aromatic heterocycles. The number of ether oxygens (including phenoxy) is 1. The van der Waals surface area contributed by atoms with Crippen molar-refractivity contribution in [2.24, 2.45) is 5.92 Å². The van der Waals surface area contributed by atoms with Gasteiger partial charge in [0.25, 0.3) is 0 Å². The summed E-state index contributed by atoms with van der Waals surface area (Å²) in [4.78, 5) is 25.1. The van der Waals surface area contributed by atoms with Crippen LogP contribution in [0.25, 0.3) is 5.65 Å². The van der Waals surface area contributed by atoms with E-state index in [1.807, 2.05) is 12.1 Å². The van der Waals surface area contributed by atoms with Gasteiger partial charge in [-0.25, -0.2) is 4.79 Å². The van der Waals surface area contributed by atoms with Gasteiger partial charge in [0.15, 0.2) is 18.1 Å². The van der Waals surface area contributed by atoms with E-state index >= 15 is 0 Å². The van der Waals surface area contributed by atoms with E-state index in [1.54, 1.807) is 16.7 Å². The molecular formula is C16H18F3N5O3. The van der Waals surface area contributed by atoms with Gasteiger partial charge in [0.05, 0.1) is 6.54 Å². The minimum Gasteiger partial charge on any atom is -0.440 e. The zero-order valence-corrected chi connectivity index (χ0v) is 14.3. The number of rotatable bonds is 4. The van der Waals surface area contributed by atoms with Crippen molar-refractivity contribution in [3.05, 3.63) is 30.2 Å². The number of carbonyl (C=O) groups excluding carboxylic acids is 2. The van der Waals surface area contributed by atoms with Gasteiger partial charge >= 0.3 is 12.3 Å². The van der Waals surface area contributed by atoms with Crippen LogP contribution in [0.5, 0.6) is 0 Å². The highest BCUT2D eigenvalue weighted by Gasteiger charge is 2.32. The van der Waals surface area contributed by atoms with Crippen LogP contribution >= 0.6 is 0 Å². The van der Waals surface area contributed by atoms with Gasteiger partial charge < -0.3 is 15.0 Å². The number of carbonyl (C=O) groups is 2. The number of piperidine rings is 1. The molecule has 8 nitrogen and oxygen atoms in total. The Labute approximate surface area is 152 Å². The monoisotopic (exact) mass is 385 g/mol. The summed E-state index contributed by atoms with van der Waals surface area (Å²) in [5.74, 6) is 0.0777. The second-order valence-corrected chi connectivity index (χ2v) is 6.19. The summed E-state index contributed by atoms with van der Waals surface area (Å²) in [7, 11) is 0. The van der Waals surface area contributed by atoms with Crippen LogP contribution in [0.4, 0.5) is 18.0 Å². The topological polar surface area (TPSA) is 88.8 Å². The summed E-state index contributed by atoms with van der Waals surface area (Å²) in [6.45, 7) is -1.07. The maximum Gasteiger partial charge on any atom is 0.422 e. The largest absolute Gasteiger partial charge is 0.440 e. The third kappa shape index (κ3) is 4.86. The van der Waals surface area contributed by atoms with E-state index in [1.165, 1.54) is 4.90 Å². The molecule has 0 saturated carbocycles. The summed E-state index contributed by atoms with van der Waals surface area (Å²) in [6.07, 6.45) is -3.07. The molecule has 1 saturated heterocycles. The van der Waals surface area contributed by atoms with Crippen molar-refractivity contribution in [2.45, 2.75) is 25.6 Å². The number of hydrogen-bond donors (Lipinski definition) is 1. The lowest BCUT2D eigenvalue weighted by atomic mass is 9.96. The molecule has 0 unspecified atom stereocenters. The molecule has 0 aliphatic carbocycles. The molecule has 3 rings (SSSR count). The van der Waals surface area contributed by atoms with Crippen LogP contribution in [-0.2, 0) is 16.1 Å². The minimum absolute atomic E-state index is 0.169. The zero-order chi connectivity index (χ0) is 19.4. The predicted octanol–water partition coefficient (Wildman–Crippen LogP) is 1.76. The van der Waals surface area contributed by atoms with Crippen LogP contribution in [0.15, 0.2) is 24.4 Å². The molecule has 1 aliphatic rings. The van der Waals surface area contributed by atoms with Crippen molar-refractivity contribution in [1.82, 2.24) is 24.8 Å². The first-order valence-corrected chi connectivity index (χ1v) is 8.38. The smallest absolute Gasteiger partial charge is 0.422 e. The molecule has 0 spiro atoms. The first-order valence-electron chi connectivity index (χ1n) is 8.38. The van der Waals surface area contributed by atoms with Crippen LogP contribution in [0.1, 0.15) is 18.7 Å². The number of likely N-dealkylation sites (tertiary alicyclic amines) is 1. The molecular weight excluding hydrogens is 367 g/mol. The fourth-order valence-corrected chi connectivity index (χ4v) is 2.88. The number of alkyl halides is 3. The van der Waals surface area contributed by atoms with Gasteiger partial charge in [-0.1, -0.05) is 6.07 Å². The zero-order valence-electron chi connectivity index (χ0n) is 14.3. The number of hydrogen-bond acceptors (Lipinski definition) is 5. The maximum atomic E-state index is 12.3. The van der Waals surface area contributed by atoms with Crippen molar-refractivity contribution in [3.8, 4) is 0 Å². The molecule has 2 amide bonds. The molecule has 2 aromatic rings. The maximum absolute atomic E-state index is 12.3. The molecule has 146 valence electrons. The average molecular weight is 385 g/mol. The number of nitrogens with zero attached hydrogens (tertiary/aromatic N) is 4. The first-order chi connectivity index (χ1) is 12.8. The number of pyridine rings is 1. The molecule has 11 heteroatoms. The Balaban J connectivity index is 1.45. The molecule has 27 heavy (non-hydrogen) atoms. The van der Waals surface area contributed by atoms with Gasteiger partial charge in [-0.2, -0.15) is 13.2 Å². The molecule has 0 radical (unpaired) electrons. The molecule has 0 aromatic carbocycles. The van der Waals surface area contributed by atoms with Crippen molar-refractivity contribution >= 4 is 17.6 Å². The number of halogens is 3. The Morgan fingerprint density at radius 1 is 1.22 bits per heavy atom. The molecule has 1 N–H and O–H groups in total. The molecule has 1 aliphatic heterocycles. The Kier molecular flexibility index (Phi) is 5.47. The summed E-state index contributed by atoms with van der Waals surface area (Å²) >= 11 is 0. The van der Waals surface area contributed by atoms with E-state index in [0.29, 0.717) is 24.3 Å². The van der Waals surface area contributed by atoms with E-state index < -0.39 is 18.9 Å². The van der Waals surface area contributed by atoms with E-state index in [2.05, 4.69) is 20.3 Å². The normalized spacial score (nSPS) is 15.7. The van der Waals surface area contributed by atoms with Crippen LogP contribution in [0.3, 0.4) is 0 Å². The molecule has 0 bridgehead atoms.